The van der Waals surface area contributed by atoms with Crippen molar-refractivity contribution in [2.24, 2.45) is 0 Å². The van der Waals surface area contributed by atoms with Crippen LogP contribution < -0.4 is 4.74 Å². The standard InChI is InChI=1S/C25H28F3N3O3/c1-33-16-23-29-21-15-18(25(26,27)28)6-9-22(21)31(23)19-11-13-30(14-12-19)24(32)10-5-17-3-7-20(34-2)8-4-17/h3-4,6-9,15,19H,5,10-14,16H2,1-2H3. The summed E-state index contributed by atoms with van der Waals surface area (Å²) in [4.78, 5) is 19.1. The van der Waals surface area contributed by atoms with Gasteiger partial charge in [0.2, 0.25) is 5.91 Å². The van der Waals surface area contributed by atoms with E-state index < -0.39 is 11.7 Å². The Balaban J connectivity index is 1.43. The summed E-state index contributed by atoms with van der Waals surface area (Å²) >= 11 is 0. The highest BCUT2D eigenvalue weighted by Crippen LogP contribution is 2.34. The number of hydrogen-bond acceptors (Lipinski definition) is 4. The molecule has 0 saturated carbocycles. The molecule has 9 heteroatoms. The molecule has 1 aromatic heterocycles. The second kappa shape index (κ2) is 10.0. The molecular weight excluding hydrogens is 447 g/mol. The van der Waals surface area contributed by atoms with Crippen LogP contribution in [-0.2, 0) is 28.7 Å². The number of ether oxygens (including phenoxy) is 2. The third-order valence-electron chi connectivity index (χ3n) is 6.33. The predicted molar refractivity (Wildman–Crippen MR) is 122 cm³/mol. The first-order valence-electron chi connectivity index (χ1n) is 11.3. The molecule has 6 nitrogen and oxygen atoms in total. The summed E-state index contributed by atoms with van der Waals surface area (Å²) in [5.74, 6) is 1.49. The Bertz CT molecular complexity index is 1130. The Morgan fingerprint density at radius 2 is 1.79 bits per heavy atom. The van der Waals surface area contributed by atoms with Crippen molar-refractivity contribution in [2.75, 3.05) is 27.3 Å². The summed E-state index contributed by atoms with van der Waals surface area (Å²) in [5.41, 5.74) is 1.33. The second-order valence-electron chi connectivity index (χ2n) is 8.49. The molecule has 0 radical (unpaired) electrons. The minimum Gasteiger partial charge on any atom is -0.497 e. The van der Waals surface area contributed by atoms with Crippen molar-refractivity contribution in [3.05, 3.63) is 59.4 Å². The number of amides is 1. The lowest BCUT2D eigenvalue weighted by atomic mass is 10.0. The average Bonchev–Trinajstić information content (AvgIpc) is 3.20. The van der Waals surface area contributed by atoms with Crippen LogP contribution >= 0.6 is 0 Å². The number of methoxy groups -OCH3 is 2. The number of carbonyl (C=O) groups is 1. The summed E-state index contributed by atoms with van der Waals surface area (Å²) in [6.07, 6.45) is -1.92. The highest BCUT2D eigenvalue weighted by Gasteiger charge is 2.32. The lowest BCUT2D eigenvalue weighted by Gasteiger charge is -2.33. The molecule has 182 valence electrons. The number of rotatable bonds is 7. The maximum absolute atomic E-state index is 13.1. The highest BCUT2D eigenvalue weighted by molar-refractivity contribution is 5.78. The normalized spacial score (nSPS) is 15.1. The number of aromatic nitrogens is 2. The maximum atomic E-state index is 13.1. The minimum absolute atomic E-state index is 0.0394. The van der Waals surface area contributed by atoms with Gasteiger partial charge in [0.1, 0.15) is 18.2 Å². The molecule has 4 rings (SSSR count). The third kappa shape index (κ3) is 5.19. The van der Waals surface area contributed by atoms with Crippen molar-refractivity contribution in [1.29, 1.82) is 0 Å². The van der Waals surface area contributed by atoms with E-state index in [1.807, 2.05) is 33.7 Å². The van der Waals surface area contributed by atoms with Crippen molar-refractivity contribution in [1.82, 2.24) is 14.5 Å². The van der Waals surface area contributed by atoms with Gasteiger partial charge in [-0.25, -0.2) is 4.98 Å². The molecular formula is C25H28F3N3O3. The Labute approximate surface area is 196 Å². The second-order valence-corrected chi connectivity index (χ2v) is 8.49. The fourth-order valence-corrected chi connectivity index (χ4v) is 4.54. The van der Waals surface area contributed by atoms with Crippen LogP contribution in [0.15, 0.2) is 42.5 Å². The van der Waals surface area contributed by atoms with E-state index in [2.05, 4.69) is 4.98 Å². The highest BCUT2D eigenvalue weighted by atomic mass is 19.4. The van der Waals surface area contributed by atoms with E-state index in [9.17, 15) is 18.0 Å². The maximum Gasteiger partial charge on any atom is 0.416 e. The average molecular weight is 476 g/mol. The summed E-state index contributed by atoms with van der Waals surface area (Å²) < 4.78 is 51.8. The summed E-state index contributed by atoms with van der Waals surface area (Å²) in [7, 11) is 3.15. The van der Waals surface area contributed by atoms with E-state index in [1.165, 1.54) is 13.2 Å². The fraction of sp³-hybridized carbons (Fsp3) is 0.440. The molecule has 3 aromatic rings. The number of nitrogens with zero attached hydrogens (tertiary/aromatic N) is 3. The number of imidazole rings is 1. The number of alkyl halides is 3. The van der Waals surface area contributed by atoms with E-state index in [0.717, 1.165) is 23.4 Å². The van der Waals surface area contributed by atoms with E-state index >= 15 is 0 Å². The summed E-state index contributed by atoms with van der Waals surface area (Å²) in [5, 5.41) is 0. The summed E-state index contributed by atoms with van der Waals surface area (Å²) in [6.45, 7) is 1.40. The van der Waals surface area contributed by atoms with Gasteiger partial charge < -0.3 is 18.9 Å². The van der Waals surface area contributed by atoms with Crippen molar-refractivity contribution in [3.8, 4) is 5.75 Å². The first kappa shape index (κ1) is 24.1. The van der Waals surface area contributed by atoms with Gasteiger partial charge in [0.15, 0.2) is 0 Å². The molecule has 0 unspecified atom stereocenters. The van der Waals surface area contributed by atoms with Gasteiger partial charge in [-0.1, -0.05) is 12.1 Å². The molecule has 0 bridgehead atoms. The minimum atomic E-state index is -4.42. The van der Waals surface area contributed by atoms with Gasteiger partial charge in [-0.2, -0.15) is 13.2 Å². The van der Waals surface area contributed by atoms with E-state index in [4.69, 9.17) is 9.47 Å². The Kier molecular flexibility index (Phi) is 7.11. The van der Waals surface area contributed by atoms with Gasteiger partial charge in [-0.05, 0) is 55.2 Å². The van der Waals surface area contributed by atoms with Crippen LogP contribution in [0.25, 0.3) is 11.0 Å². The molecule has 0 atom stereocenters. The zero-order valence-electron chi connectivity index (χ0n) is 19.3. The SMILES string of the molecule is COCc1nc2cc(C(F)(F)F)ccc2n1C1CCN(C(=O)CCc2ccc(OC)cc2)CC1. The molecule has 1 aliphatic heterocycles. The Hall–Kier alpha value is -3.07. The molecule has 34 heavy (non-hydrogen) atoms. The van der Waals surface area contributed by atoms with Gasteiger partial charge in [-0.15, -0.1) is 0 Å². The van der Waals surface area contributed by atoms with Gasteiger partial charge in [0.05, 0.1) is 23.7 Å². The first-order valence-corrected chi connectivity index (χ1v) is 11.3. The van der Waals surface area contributed by atoms with Crippen LogP contribution in [0.3, 0.4) is 0 Å². The molecule has 0 aliphatic carbocycles. The predicted octanol–water partition coefficient (Wildman–Crippen LogP) is 5.01. The van der Waals surface area contributed by atoms with E-state index in [1.54, 1.807) is 7.11 Å². The molecule has 1 amide bonds. The first-order chi connectivity index (χ1) is 16.3. The van der Waals surface area contributed by atoms with Crippen LogP contribution in [-0.4, -0.2) is 47.7 Å². The van der Waals surface area contributed by atoms with Gasteiger partial charge in [0.25, 0.3) is 0 Å². The van der Waals surface area contributed by atoms with Gasteiger partial charge >= 0.3 is 6.18 Å². The smallest absolute Gasteiger partial charge is 0.416 e. The number of benzene rings is 2. The van der Waals surface area contributed by atoms with E-state index in [-0.39, 0.29) is 18.6 Å². The number of fused-ring (bicyclic) bond motifs is 1. The zero-order chi connectivity index (χ0) is 24.3. The molecule has 0 N–H and O–H groups in total. The van der Waals surface area contributed by atoms with Crippen molar-refractivity contribution in [3.63, 3.8) is 0 Å². The number of piperidine rings is 1. The molecule has 0 spiro atoms. The molecule has 1 aliphatic rings. The number of likely N-dealkylation sites (tertiary alicyclic amines) is 1. The van der Waals surface area contributed by atoms with Gasteiger partial charge in [-0.3, -0.25) is 4.79 Å². The Morgan fingerprint density at radius 3 is 2.41 bits per heavy atom. The largest absolute Gasteiger partial charge is 0.497 e. The summed E-state index contributed by atoms with van der Waals surface area (Å²) in [6, 6.07) is 11.4. The van der Waals surface area contributed by atoms with Crippen LogP contribution in [0.2, 0.25) is 0 Å². The van der Waals surface area contributed by atoms with Crippen molar-refractivity contribution >= 4 is 16.9 Å². The lowest BCUT2D eigenvalue weighted by molar-refractivity contribution is -0.137. The van der Waals surface area contributed by atoms with E-state index in [0.29, 0.717) is 55.6 Å². The monoisotopic (exact) mass is 475 g/mol. The molecule has 2 heterocycles. The molecule has 2 aromatic carbocycles. The number of aryl methyl sites for hydroxylation is 1. The van der Waals surface area contributed by atoms with Gasteiger partial charge in [0, 0.05) is 32.7 Å². The lowest BCUT2D eigenvalue weighted by Crippen LogP contribution is -2.39. The van der Waals surface area contributed by atoms with Crippen LogP contribution in [0.1, 0.15) is 42.3 Å². The Morgan fingerprint density at radius 1 is 1.09 bits per heavy atom. The number of halogens is 3. The molecule has 1 saturated heterocycles. The topological polar surface area (TPSA) is 56.6 Å². The quantitative estimate of drug-likeness (QED) is 0.482. The third-order valence-corrected chi connectivity index (χ3v) is 6.33. The molecule has 1 fully saturated rings. The number of hydrogen-bond donors (Lipinski definition) is 0. The van der Waals surface area contributed by atoms with Crippen LogP contribution in [0.5, 0.6) is 5.75 Å². The zero-order valence-corrected chi connectivity index (χ0v) is 19.3. The van der Waals surface area contributed by atoms with Crippen LogP contribution in [0.4, 0.5) is 13.2 Å². The van der Waals surface area contributed by atoms with Crippen LogP contribution in [0, 0.1) is 0 Å². The van der Waals surface area contributed by atoms with Crippen molar-refractivity contribution < 1.29 is 27.4 Å². The van der Waals surface area contributed by atoms with Crippen molar-refractivity contribution in [2.45, 2.75) is 44.5 Å². The number of carbonyl (C=O) groups excluding carboxylic acids is 1. The fourth-order valence-electron chi connectivity index (χ4n) is 4.54.